The highest BCUT2D eigenvalue weighted by atomic mass is 16.5. The SMILES string of the molecule is C=CC/C(=C\C=C(/C)O)[C@@H]1CC(=O)/C(=C(/C)O)C(=C)O1. The minimum atomic E-state index is -0.452. The van der Waals surface area contributed by atoms with Crippen molar-refractivity contribution in [2.45, 2.75) is 32.8 Å². The Morgan fingerprint density at radius 1 is 1.40 bits per heavy atom. The van der Waals surface area contributed by atoms with Crippen LogP contribution in [0.15, 0.2) is 59.8 Å². The monoisotopic (exact) mass is 276 g/mol. The lowest BCUT2D eigenvalue weighted by molar-refractivity contribution is -0.119. The number of carbonyl (C=O) groups is 1. The molecule has 1 atom stereocenters. The molecule has 2 N–H and O–H groups in total. The summed E-state index contributed by atoms with van der Waals surface area (Å²) in [5, 5.41) is 18.7. The normalized spacial score (nSPS) is 23.4. The summed E-state index contributed by atoms with van der Waals surface area (Å²) in [4.78, 5) is 12.0. The Hall–Kier alpha value is -2.23. The molecule has 20 heavy (non-hydrogen) atoms. The predicted octanol–water partition coefficient (Wildman–Crippen LogP) is 3.65. The molecule has 1 fully saturated rings. The lowest BCUT2D eigenvalue weighted by Crippen LogP contribution is -2.28. The molecule has 1 aliphatic rings. The second-order valence-corrected chi connectivity index (χ2v) is 4.66. The highest BCUT2D eigenvalue weighted by Crippen LogP contribution is 2.30. The van der Waals surface area contributed by atoms with Gasteiger partial charge in [0.25, 0.3) is 0 Å². The predicted molar refractivity (Wildman–Crippen MR) is 78.2 cm³/mol. The van der Waals surface area contributed by atoms with Gasteiger partial charge in [0.15, 0.2) is 5.78 Å². The molecule has 0 aromatic heterocycles. The molecular weight excluding hydrogens is 256 g/mol. The summed E-state index contributed by atoms with van der Waals surface area (Å²) in [5.41, 5.74) is 0.964. The highest BCUT2D eigenvalue weighted by Gasteiger charge is 2.31. The number of ether oxygens (including phenoxy) is 1. The summed E-state index contributed by atoms with van der Waals surface area (Å²) in [7, 11) is 0. The minimum Gasteiger partial charge on any atom is -0.513 e. The Morgan fingerprint density at radius 2 is 2.05 bits per heavy atom. The first kappa shape index (κ1) is 15.8. The number of Topliss-reactive ketones (excluding diaryl/α,β-unsaturated/α-hetero) is 1. The van der Waals surface area contributed by atoms with Crippen molar-refractivity contribution in [1.29, 1.82) is 0 Å². The third-order valence-electron chi connectivity index (χ3n) is 2.91. The van der Waals surface area contributed by atoms with Gasteiger partial charge < -0.3 is 14.9 Å². The van der Waals surface area contributed by atoms with Crippen LogP contribution in [0.25, 0.3) is 0 Å². The smallest absolute Gasteiger partial charge is 0.174 e. The van der Waals surface area contributed by atoms with Crippen molar-refractivity contribution < 1.29 is 19.7 Å². The van der Waals surface area contributed by atoms with E-state index in [1.165, 1.54) is 13.0 Å². The largest absolute Gasteiger partial charge is 0.513 e. The van der Waals surface area contributed by atoms with Crippen LogP contribution in [0, 0.1) is 0 Å². The van der Waals surface area contributed by atoms with Crippen molar-refractivity contribution in [2.24, 2.45) is 0 Å². The average Bonchev–Trinajstić information content (AvgIpc) is 2.32. The molecule has 0 aromatic carbocycles. The van der Waals surface area contributed by atoms with E-state index in [0.717, 1.165) is 5.57 Å². The van der Waals surface area contributed by atoms with Crippen LogP contribution in [-0.2, 0) is 9.53 Å². The van der Waals surface area contributed by atoms with Gasteiger partial charge in [-0.3, -0.25) is 4.79 Å². The van der Waals surface area contributed by atoms with E-state index in [1.807, 2.05) is 0 Å². The van der Waals surface area contributed by atoms with E-state index < -0.39 is 6.10 Å². The Bertz CT molecular complexity index is 493. The summed E-state index contributed by atoms with van der Waals surface area (Å²) in [6, 6.07) is 0. The molecule has 1 rings (SSSR count). The summed E-state index contributed by atoms with van der Waals surface area (Å²) in [5.74, 6) is 0.0509. The molecule has 0 aliphatic carbocycles. The second-order valence-electron chi connectivity index (χ2n) is 4.66. The molecule has 0 spiro atoms. The fraction of sp³-hybridized carbons (Fsp3) is 0.312. The van der Waals surface area contributed by atoms with Crippen LogP contribution in [0.5, 0.6) is 0 Å². The number of aliphatic hydroxyl groups excluding tert-OH is 2. The summed E-state index contributed by atoms with van der Waals surface area (Å²) < 4.78 is 5.62. The fourth-order valence-corrected chi connectivity index (χ4v) is 2.01. The quantitative estimate of drug-likeness (QED) is 0.356. The van der Waals surface area contributed by atoms with Crippen molar-refractivity contribution in [3.8, 4) is 0 Å². The van der Waals surface area contributed by atoms with E-state index in [1.54, 1.807) is 19.1 Å². The first-order valence-electron chi connectivity index (χ1n) is 6.33. The fourth-order valence-electron chi connectivity index (χ4n) is 2.01. The molecule has 4 heteroatoms. The molecule has 0 bridgehead atoms. The van der Waals surface area contributed by atoms with Crippen LogP contribution >= 0.6 is 0 Å². The third-order valence-corrected chi connectivity index (χ3v) is 2.91. The van der Waals surface area contributed by atoms with Crippen molar-refractivity contribution in [3.63, 3.8) is 0 Å². The summed E-state index contributed by atoms with van der Waals surface area (Å²) in [6.45, 7) is 10.3. The number of carbonyl (C=O) groups excluding carboxylic acids is 1. The minimum absolute atomic E-state index is 0.0844. The van der Waals surface area contributed by atoms with Gasteiger partial charge in [0, 0.05) is 0 Å². The van der Waals surface area contributed by atoms with Crippen LogP contribution in [0.4, 0.5) is 0 Å². The van der Waals surface area contributed by atoms with Crippen LogP contribution in [0.3, 0.4) is 0 Å². The zero-order valence-corrected chi connectivity index (χ0v) is 11.8. The number of hydrogen-bond donors (Lipinski definition) is 2. The molecule has 0 radical (unpaired) electrons. The first-order valence-corrected chi connectivity index (χ1v) is 6.33. The molecule has 0 amide bonds. The number of aliphatic hydroxyl groups is 2. The molecule has 108 valence electrons. The Balaban J connectivity index is 3.03. The van der Waals surface area contributed by atoms with Crippen molar-refractivity contribution >= 4 is 5.78 Å². The van der Waals surface area contributed by atoms with Gasteiger partial charge in [-0.25, -0.2) is 0 Å². The van der Waals surface area contributed by atoms with Gasteiger partial charge in [-0.2, -0.15) is 0 Å². The van der Waals surface area contributed by atoms with Crippen molar-refractivity contribution in [1.82, 2.24) is 0 Å². The maximum absolute atomic E-state index is 12.0. The number of hydrogen-bond acceptors (Lipinski definition) is 4. The molecule has 4 nitrogen and oxygen atoms in total. The van der Waals surface area contributed by atoms with Gasteiger partial charge in [0.2, 0.25) is 0 Å². The van der Waals surface area contributed by atoms with E-state index in [4.69, 9.17) is 4.74 Å². The van der Waals surface area contributed by atoms with Gasteiger partial charge in [-0.05, 0) is 31.9 Å². The van der Waals surface area contributed by atoms with Crippen LogP contribution in [0.2, 0.25) is 0 Å². The maximum atomic E-state index is 12.0. The summed E-state index contributed by atoms with van der Waals surface area (Å²) >= 11 is 0. The second kappa shape index (κ2) is 6.80. The zero-order valence-electron chi connectivity index (χ0n) is 11.8. The van der Waals surface area contributed by atoms with E-state index in [2.05, 4.69) is 13.2 Å². The highest BCUT2D eigenvalue weighted by molar-refractivity contribution is 6.00. The topological polar surface area (TPSA) is 66.8 Å². The van der Waals surface area contributed by atoms with Gasteiger partial charge >= 0.3 is 0 Å². The first-order chi connectivity index (χ1) is 9.36. The van der Waals surface area contributed by atoms with E-state index in [-0.39, 0.29) is 35.1 Å². The molecule has 0 unspecified atom stereocenters. The molecule has 0 saturated carbocycles. The van der Waals surface area contributed by atoms with Gasteiger partial charge in [-0.1, -0.05) is 18.7 Å². The van der Waals surface area contributed by atoms with Gasteiger partial charge in [-0.15, -0.1) is 6.58 Å². The Morgan fingerprint density at radius 3 is 2.50 bits per heavy atom. The van der Waals surface area contributed by atoms with E-state index in [0.29, 0.717) is 6.42 Å². The van der Waals surface area contributed by atoms with Crippen LogP contribution < -0.4 is 0 Å². The zero-order chi connectivity index (χ0) is 15.3. The molecule has 1 aliphatic heterocycles. The van der Waals surface area contributed by atoms with Gasteiger partial charge in [0.1, 0.15) is 17.6 Å². The third kappa shape index (κ3) is 3.88. The van der Waals surface area contributed by atoms with Gasteiger partial charge in [0.05, 0.1) is 17.8 Å². The summed E-state index contributed by atoms with van der Waals surface area (Å²) in [6.07, 6.45) is 5.16. The lowest BCUT2D eigenvalue weighted by Gasteiger charge is -2.28. The standard InChI is InChI=1S/C16H20O4/c1-5-6-13(8-7-10(2)17)15-9-14(19)16(11(3)18)12(4)20-15/h5,7-8,15,17-18H,1,4,6,9H2,2-3H3/b10-7+,13-8+,16-11-/t15-/m0/s1. The van der Waals surface area contributed by atoms with Crippen LogP contribution in [0.1, 0.15) is 26.7 Å². The molecule has 0 aromatic rings. The lowest BCUT2D eigenvalue weighted by atomic mass is 9.93. The Labute approximate surface area is 119 Å². The Kier molecular flexibility index (Phi) is 5.38. The number of ketones is 1. The van der Waals surface area contributed by atoms with Crippen molar-refractivity contribution in [2.75, 3.05) is 0 Å². The molecule has 1 saturated heterocycles. The number of rotatable bonds is 4. The molecule has 1 heterocycles. The average molecular weight is 276 g/mol. The molecular formula is C16H20O4. The van der Waals surface area contributed by atoms with E-state index >= 15 is 0 Å². The van der Waals surface area contributed by atoms with E-state index in [9.17, 15) is 15.0 Å². The van der Waals surface area contributed by atoms with Crippen LogP contribution in [-0.4, -0.2) is 22.1 Å². The maximum Gasteiger partial charge on any atom is 0.174 e. The number of allylic oxidation sites excluding steroid dienone is 6. The van der Waals surface area contributed by atoms with Crippen molar-refractivity contribution in [3.05, 3.63) is 59.8 Å².